The predicted molar refractivity (Wildman–Crippen MR) is 55.9 cm³/mol. The Morgan fingerprint density at radius 1 is 1.47 bits per heavy atom. The molecule has 0 saturated carbocycles. The van der Waals surface area contributed by atoms with Gasteiger partial charge in [0.15, 0.2) is 9.84 Å². The van der Waals surface area contributed by atoms with Crippen molar-refractivity contribution >= 4 is 9.84 Å². The number of hydrogen-bond acceptors (Lipinski definition) is 4. The SMILES string of the molecule is CS(=O)(=O)c1cncc(C#CCCO)c1. The van der Waals surface area contributed by atoms with Gasteiger partial charge in [-0.05, 0) is 6.07 Å². The van der Waals surface area contributed by atoms with E-state index >= 15 is 0 Å². The molecule has 0 atom stereocenters. The zero-order valence-electron chi connectivity index (χ0n) is 8.27. The lowest BCUT2D eigenvalue weighted by Gasteiger charge is -1.96. The molecule has 0 aliphatic heterocycles. The average molecular weight is 225 g/mol. The van der Waals surface area contributed by atoms with Gasteiger partial charge < -0.3 is 5.11 Å². The smallest absolute Gasteiger partial charge is 0.177 e. The molecule has 0 amide bonds. The Hall–Kier alpha value is -1.38. The Kier molecular flexibility index (Phi) is 3.83. The minimum absolute atomic E-state index is 0.00774. The van der Waals surface area contributed by atoms with Crippen LogP contribution in [0.5, 0.6) is 0 Å². The van der Waals surface area contributed by atoms with E-state index in [4.69, 9.17) is 5.11 Å². The van der Waals surface area contributed by atoms with Crippen molar-refractivity contribution < 1.29 is 13.5 Å². The van der Waals surface area contributed by atoms with Crippen LogP contribution in [0.25, 0.3) is 0 Å². The van der Waals surface area contributed by atoms with Gasteiger partial charge in [0, 0.05) is 30.6 Å². The van der Waals surface area contributed by atoms with Crippen LogP contribution in [0, 0.1) is 11.8 Å². The van der Waals surface area contributed by atoms with Crippen LogP contribution in [0.15, 0.2) is 23.4 Å². The van der Waals surface area contributed by atoms with Crippen molar-refractivity contribution in [2.24, 2.45) is 0 Å². The molecule has 0 saturated heterocycles. The number of aliphatic hydroxyl groups is 1. The van der Waals surface area contributed by atoms with Crippen LogP contribution >= 0.6 is 0 Å². The summed E-state index contributed by atoms with van der Waals surface area (Å²) in [7, 11) is -3.24. The third-order valence-electron chi connectivity index (χ3n) is 1.61. The summed E-state index contributed by atoms with van der Waals surface area (Å²) in [4.78, 5) is 3.94. The molecule has 1 aromatic heterocycles. The van der Waals surface area contributed by atoms with Gasteiger partial charge in [-0.15, -0.1) is 0 Å². The van der Waals surface area contributed by atoms with E-state index in [9.17, 15) is 8.42 Å². The Labute approximate surface area is 88.9 Å². The first-order chi connectivity index (χ1) is 7.04. The summed E-state index contributed by atoms with van der Waals surface area (Å²) < 4.78 is 22.4. The van der Waals surface area contributed by atoms with Gasteiger partial charge in [0.2, 0.25) is 0 Å². The van der Waals surface area contributed by atoms with Crippen LogP contribution in [0.1, 0.15) is 12.0 Å². The number of sulfone groups is 1. The molecular weight excluding hydrogens is 214 g/mol. The third-order valence-corrected chi connectivity index (χ3v) is 2.69. The second-order valence-corrected chi connectivity index (χ2v) is 4.97. The standard InChI is InChI=1S/C10H11NO3S/c1-15(13,14)10-6-9(7-11-8-10)4-2-3-5-12/h6-8,12H,3,5H2,1H3. The molecule has 80 valence electrons. The molecule has 1 rings (SSSR count). The first-order valence-electron chi connectivity index (χ1n) is 4.29. The summed E-state index contributed by atoms with van der Waals surface area (Å²) in [6, 6.07) is 1.46. The van der Waals surface area contributed by atoms with Crippen molar-refractivity contribution in [3.05, 3.63) is 24.0 Å². The van der Waals surface area contributed by atoms with Crippen molar-refractivity contribution in [1.29, 1.82) is 0 Å². The third kappa shape index (κ3) is 3.70. The molecule has 0 aliphatic rings. The van der Waals surface area contributed by atoms with E-state index in [0.29, 0.717) is 12.0 Å². The minimum Gasteiger partial charge on any atom is -0.395 e. The van der Waals surface area contributed by atoms with Crippen molar-refractivity contribution in [3.8, 4) is 11.8 Å². The molecule has 5 heteroatoms. The zero-order chi connectivity index (χ0) is 11.3. The van der Waals surface area contributed by atoms with E-state index in [1.807, 2.05) is 0 Å². The Morgan fingerprint density at radius 2 is 2.20 bits per heavy atom. The molecule has 0 aromatic carbocycles. The number of rotatable bonds is 2. The number of pyridine rings is 1. The molecule has 15 heavy (non-hydrogen) atoms. The minimum atomic E-state index is -3.24. The molecule has 1 N–H and O–H groups in total. The van der Waals surface area contributed by atoms with Gasteiger partial charge in [0.25, 0.3) is 0 Å². The van der Waals surface area contributed by atoms with Gasteiger partial charge in [-0.3, -0.25) is 4.98 Å². The van der Waals surface area contributed by atoms with Gasteiger partial charge in [0.05, 0.1) is 11.5 Å². The highest BCUT2D eigenvalue weighted by Crippen LogP contribution is 2.08. The maximum Gasteiger partial charge on any atom is 0.177 e. The second-order valence-electron chi connectivity index (χ2n) is 2.96. The van der Waals surface area contributed by atoms with E-state index in [2.05, 4.69) is 16.8 Å². The van der Waals surface area contributed by atoms with Crippen LogP contribution in [0.2, 0.25) is 0 Å². The Bertz CT molecular complexity index is 497. The molecule has 0 unspecified atom stereocenters. The fourth-order valence-corrected chi connectivity index (χ4v) is 1.50. The lowest BCUT2D eigenvalue weighted by molar-refractivity contribution is 0.305. The normalized spacial score (nSPS) is 10.5. The highest BCUT2D eigenvalue weighted by atomic mass is 32.2. The molecule has 0 spiro atoms. The largest absolute Gasteiger partial charge is 0.395 e. The van der Waals surface area contributed by atoms with Crippen molar-refractivity contribution in [1.82, 2.24) is 4.98 Å². The Morgan fingerprint density at radius 3 is 2.80 bits per heavy atom. The second kappa shape index (κ2) is 4.91. The first-order valence-corrected chi connectivity index (χ1v) is 6.18. The molecule has 0 bridgehead atoms. The summed E-state index contributed by atoms with van der Waals surface area (Å²) in [6.45, 7) is -0.00774. The molecule has 1 heterocycles. The molecule has 1 aromatic rings. The van der Waals surface area contributed by atoms with E-state index in [0.717, 1.165) is 6.26 Å². The number of aromatic nitrogens is 1. The highest BCUT2D eigenvalue weighted by molar-refractivity contribution is 7.90. The van der Waals surface area contributed by atoms with Gasteiger partial charge in [-0.25, -0.2) is 8.42 Å². The lowest BCUT2D eigenvalue weighted by atomic mass is 10.3. The molecular formula is C10H11NO3S. The van der Waals surface area contributed by atoms with E-state index in [-0.39, 0.29) is 11.5 Å². The summed E-state index contributed by atoms with van der Waals surface area (Å²) in [5.41, 5.74) is 0.534. The maximum atomic E-state index is 11.2. The summed E-state index contributed by atoms with van der Waals surface area (Å²) in [5, 5.41) is 8.51. The monoisotopic (exact) mass is 225 g/mol. The van der Waals surface area contributed by atoms with Gasteiger partial charge in [-0.2, -0.15) is 0 Å². The number of nitrogens with zero attached hydrogens (tertiary/aromatic N) is 1. The summed E-state index contributed by atoms with van der Waals surface area (Å²) in [5.74, 6) is 5.42. The molecule has 4 nitrogen and oxygen atoms in total. The van der Waals surface area contributed by atoms with Gasteiger partial charge in [0.1, 0.15) is 0 Å². The fraction of sp³-hybridized carbons (Fsp3) is 0.300. The Balaban J connectivity index is 3.00. The van der Waals surface area contributed by atoms with Gasteiger partial charge in [-0.1, -0.05) is 11.8 Å². The van der Waals surface area contributed by atoms with Crippen molar-refractivity contribution in [2.75, 3.05) is 12.9 Å². The van der Waals surface area contributed by atoms with Crippen LogP contribution in [0.4, 0.5) is 0 Å². The van der Waals surface area contributed by atoms with Crippen molar-refractivity contribution in [2.45, 2.75) is 11.3 Å². The predicted octanol–water partition coefficient (Wildman–Crippen LogP) is 0.219. The number of aliphatic hydroxyl groups excluding tert-OH is 1. The van der Waals surface area contributed by atoms with E-state index in [1.54, 1.807) is 0 Å². The summed E-state index contributed by atoms with van der Waals surface area (Å²) >= 11 is 0. The fourth-order valence-electron chi connectivity index (χ4n) is 0.910. The summed E-state index contributed by atoms with van der Waals surface area (Å²) in [6.07, 6.45) is 4.25. The molecule has 0 aliphatic carbocycles. The van der Waals surface area contributed by atoms with Crippen LogP contribution in [-0.4, -0.2) is 31.4 Å². The highest BCUT2D eigenvalue weighted by Gasteiger charge is 2.06. The maximum absolute atomic E-state index is 11.2. The van der Waals surface area contributed by atoms with Crippen LogP contribution in [0.3, 0.4) is 0 Å². The zero-order valence-corrected chi connectivity index (χ0v) is 9.08. The van der Waals surface area contributed by atoms with E-state index in [1.165, 1.54) is 18.5 Å². The molecule has 0 radical (unpaired) electrons. The van der Waals surface area contributed by atoms with Crippen molar-refractivity contribution in [3.63, 3.8) is 0 Å². The number of hydrogen-bond donors (Lipinski definition) is 1. The van der Waals surface area contributed by atoms with Crippen LogP contribution < -0.4 is 0 Å². The average Bonchev–Trinajstić information content (AvgIpc) is 2.17. The van der Waals surface area contributed by atoms with Gasteiger partial charge >= 0.3 is 0 Å². The first kappa shape index (κ1) is 11.7. The van der Waals surface area contributed by atoms with Crippen LogP contribution in [-0.2, 0) is 9.84 Å². The quantitative estimate of drug-likeness (QED) is 0.731. The topological polar surface area (TPSA) is 67.3 Å². The lowest BCUT2D eigenvalue weighted by Crippen LogP contribution is -1.98. The van der Waals surface area contributed by atoms with E-state index < -0.39 is 9.84 Å². The molecule has 0 fully saturated rings.